The van der Waals surface area contributed by atoms with Gasteiger partial charge < -0.3 is 9.84 Å². The average Bonchev–Trinajstić information content (AvgIpc) is 2.47. The van der Waals surface area contributed by atoms with Crippen LogP contribution in [0.5, 0.6) is 5.88 Å². The number of hydrogen-bond donors (Lipinski definition) is 1. The molecule has 1 heterocycles. The van der Waals surface area contributed by atoms with Crippen LogP contribution in [0.25, 0.3) is 0 Å². The molecule has 1 atom stereocenters. The maximum absolute atomic E-state index is 10.8. The highest BCUT2D eigenvalue weighted by molar-refractivity contribution is 5.66. The third kappa shape index (κ3) is 1.55. The molecule has 0 bridgehead atoms. The largest absolute Gasteiger partial charge is 0.493 e. The molecular weight excluding hydrogens is 182 g/mol. The molecule has 1 aliphatic rings. The number of aryl methyl sites for hydroxylation is 1. The lowest BCUT2D eigenvalue weighted by Gasteiger charge is -2.11. The Hall–Kier alpha value is -1.58. The second-order valence-electron chi connectivity index (χ2n) is 3.38. The van der Waals surface area contributed by atoms with E-state index in [9.17, 15) is 9.90 Å². The fourth-order valence-electron chi connectivity index (χ4n) is 1.76. The molecule has 0 radical (unpaired) electrons. The predicted molar refractivity (Wildman–Crippen MR) is 48.7 cm³/mol. The van der Waals surface area contributed by atoms with Crippen molar-refractivity contribution in [1.82, 2.24) is 4.98 Å². The van der Waals surface area contributed by atoms with Crippen LogP contribution in [-0.2, 0) is 16.0 Å². The smallest absolute Gasteiger partial charge is 0.303 e. The van der Waals surface area contributed by atoms with Gasteiger partial charge in [-0.05, 0) is 18.4 Å². The van der Waals surface area contributed by atoms with Crippen LogP contribution in [0.4, 0.5) is 0 Å². The number of aromatic hydroxyl groups is 1. The molecule has 0 spiro atoms. The number of hydrogen-bond acceptors (Lipinski definition) is 4. The molecule has 1 unspecified atom stereocenters. The number of nitrogens with zero attached hydrogens (tertiary/aromatic N) is 1. The van der Waals surface area contributed by atoms with E-state index in [1.807, 2.05) is 0 Å². The van der Waals surface area contributed by atoms with Crippen LogP contribution < -0.4 is 0 Å². The Kier molecular flexibility index (Phi) is 2.11. The minimum absolute atomic E-state index is 0.0252. The average molecular weight is 193 g/mol. The SMILES string of the molecule is CC(=O)OC1CCc2cnc(O)cc21. The summed E-state index contributed by atoms with van der Waals surface area (Å²) in [7, 11) is 0. The van der Waals surface area contributed by atoms with E-state index in [0.29, 0.717) is 0 Å². The first kappa shape index (κ1) is 8.99. The van der Waals surface area contributed by atoms with E-state index in [1.54, 1.807) is 12.3 Å². The molecule has 1 aromatic rings. The van der Waals surface area contributed by atoms with Crippen molar-refractivity contribution in [3.63, 3.8) is 0 Å². The molecule has 0 amide bonds. The van der Waals surface area contributed by atoms with Crippen LogP contribution in [0.15, 0.2) is 12.3 Å². The molecule has 4 heteroatoms. The second kappa shape index (κ2) is 3.29. The fourth-order valence-corrected chi connectivity index (χ4v) is 1.76. The molecule has 0 aromatic carbocycles. The third-order valence-electron chi connectivity index (χ3n) is 2.34. The minimum atomic E-state index is -0.292. The summed E-state index contributed by atoms with van der Waals surface area (Å²) in [6.07, 6.45) is 3.05. The molecule has 0 saturated heterocycles. The summed E-state index contributed by atoms with van der Waals surface area (Å²) in [5.41, 5.74) is 1.93. The monoisotopic (exact) mass is 193 g/mol. The van der Waals surface area contributed by atoms with E-state index < -0.39 is 0 Å². The van der Waals surface area contributed by atoms with Crippen molar-refractivity contribution in [2.45, 2.75) is 25.9 Å². The van der Waals surface area contributed by atoms with E-state index in [-0.39, 0.29) is 18.0 Å². The molecule has 0 aliphatic heterocycles. The maximum Gasteiger partial charge on any atom is 0.303 e. The number of aromatic nitrogens is 1. The summed E-state index contributed by atoms with van der Waals surface area (Å²) in [6.45, 7) is 1.39. The van der Waals surface area contributed by atoms with Gasteiger partial charge in [0.1, 0.15) is 6.10 Å². The minimum Gasteiger partial charge on any atom is -0.493 e. The zero-order valence-electron chi connectivity index (χ0n) is 7.86. The van der Waals surface area contributed by atoms with Crippen LogP contribution in [0.2, 0.25) is 0 Å². The summed E-state index contributed by atoms with van der Waals surface area (Å²) in [6, 6.07) is 1.57. The topological polar surface area (TPSA) is 59.4 Å². The number of fused-ring (bicyclic) bond motifs is 1. The molecule has 4 nitrogen and oxygen atoms in total. The van der Waals surface area contributed by atoms with Crippen molar-refractivity contribution >= 4 is 5.97 Å². The molecule has 1 aliphatic carbocycles. The standard InChI is InChI=1S/C10H11NO3/c1-6(12)14-9-3-2-7-5-11-10(13)4-8(7)9/h4-5,9H,2-3H2,1H3,(H,11,13). The highest BCUT2D eigenvalue weighted by Crippen LogP contribution is 2.34. The number of ether oxygens (including phenoxy) is 1. The number of esters is 1. The van der Waals surface area contributed by atoms with Crippen molar-refractivity contribution in [2.24, 2.45) is 0 Å². The van der Waals surface area contributed by atoms with Crippen LogP contribution >= 0.6 is 0 Å². The van der Waals surface area contributed by atoms with Crippen molar-refractivity contribution in [2.75, 3.05) is 0 Å². The van der Waals surface area contributed by atoms with Gasteiger partial charge in [0.15, 0.2) is 0 Å². The van der Waals surface area contributed by atoms with Crippen LogP contribution in [-0.4, -0.2) is 16.1 Å². The van der Waals surface area contributed by atoms with Crippen LogP contribution in [0.1, 0.15) is 30.6 Å². The van der Waals surface area contributed by atoms with E-state index >= 15 is 0 Å². The molecule has 0 saturated carbocycles. The molecule has 1 aromatic heterocycles. The number of rotatable bonds is 1. The Morgan fingerprint density at radius 1 is 1.71 bits per heavy atom. The quantitative estimate of drug-likeness (QED) is 0.684. The van der Waals surface area contributed by atoms with Crippen LogP contribution in [0.3, 0.4) is 0 Å². The van der Waals surface area contributed by atoms with Gasteiger partial charge in [-0.25, -0.2) is 4.98 Å². The number of carbonyl (C=O) groups excluding carboxylic acids is 1. The zero-order chi connectivity index (χ0) is 10.1. The molecule has 74 valence electrons. The van der Waals surface area contributed by atoms with Gasteiger partial charge in [-0.15, -0.1) is 0 Å². The van der Waals surface area contributed by atoms with Crippen LogP contribution in [0, 0.1) is 0 Å². The first-order chi connectivity index (χ1) is 6.66. The molecular formula is C10H11NO3. The summed E-state index contributed by atoms with van der Waals surface area (Å²) < 4.78 is 5.11. The summed E-state index contributed by atoms with van der Waals surface area (Å²) in [5.74, 6) is -0.318. The van der Waals surface area contributed by atoms with Gasteiger partial charge in [-0.2, -0.15) is 0 Å². The summed E-state index contributed by atoms with van der Waals surface area (Å²) >= 11 is 0. The van der Waals surface area contributed by atoms with Crippen molar-refractivity contribution in [1.29, 1.82) is 0 Å². The van der Waals surface area contributed by atoms with Gasteiger partial charge in [-0.1, -0.05) is 0 Å². The van der Waals surface area contributed by atoms with Crippen molar-refractivity contribution in [3.8, 4) is 5.88 Å². The van der Waals surface area contributed by atoms with Gasteiger partial charge in [0, 0.05) is 24.8 Å². The Labute approximate surface area is 81.5 Å². The Morgan fingerprint density at radius 2 is 2.50 bits per heavy atom. The summed E-state index contributed by atoms with van der Waals surface area (Å²) in [5, 5.41) is 9.20. The number of carbonyl (C=O) groups is 1. The Balaban J connectivity index is 2.28. The zero-order valence-corrected chi connectivity index (χ0v) is 7.86. The highest BCUT2D eigenvalue weighted by atomic mass is 16.5. The van der Waals surface area contributed by atoms with Gasteiger partial charge in [0.25, 0.3) is 0 Å². The normalized spacial score (nSPS) is 19.1. The first-order valence-corrected chi connectivity index (χ1v) is 4.52. The molecule has 0 fully saturated rings. The van der Waals surface area contributed by atoms with E-state index in [4.69, 9.17) is 4.74 Å². The van der Waals surface area contributed by atoms with E-state index in [0.717, 1.165) is 24.0 Å². The molecule has 1 N–H and O–H groups in total. The lowest BCUT2D eigenvalue weighted by molar-refractivity contribution is -0.146. The van der Waals surface area contributed by atoms with Crippen molar-refractivity contribution < 1.29 is 14.6 Å². The van der Waals surface area contributed by atoms with Gasteiger partial charge in [0.05, 0.1) is 0 Å². The lowest BCUT2D eigenvalue weighted by Crippen LogP contribution is -2.05. The Bertz CT molecular complexity index is 376. The fraction of sp³-hybridized carbons (Fsp3) is 0.400. The van der Waals surface area contributed by atoms with E-state index in [2.05, 4.69) is 4.98 Å². The second-order valence-corrected chi connectivity index (χ2v) is 3.38. The van der Waals surface area contributed by atoms with Gasteiger partial charge >= 0.3 is 5.97 Å². The maximum atomic E-state index is 10.8. The first-order valence-electron chi connectivity index (χ1n) is 4.52. The third-order valence-corrected chi connectivity index (χ3v) is 2.34. The highest BCUT2D eigenvalue weighted by Gasteiger charge is 2.25. The van der Waals surface area contributed by atoms with Crippen molar-refractivity contribution in [3.05, 3.63) is 23.4 Å². The molecule has 14 heavy (non-hydrogen) atoms. The lowest BCUT2D eigenvalue weighted by atomic mass is 10.1. The van der Waals surface area contributed by atoms with Gasteiger partial charge in [-0.3, -0.25) is 4.79 Å². The predicted octanol–water partition coefficient (Wildman–Crippen LogP) is 1.34. The number of pyridine rings is 1. The molecule has 2 rings (SSSR count). The van der Waals surface area contributed by atoms with E-state index in [1.165, 1.54) is 6.92 Å². The van der Waals surface area contributed by atoms with Gasteiger partial charge in [0.2, 0.25) is 5.88 Å². The Morgan fingerprint density at radius 3 is 3.21 bits per heavy atom. The summed E-state index contributed by atoms with van der Waals surface area (Å²) in [4.78, 5) is 14.6.